The standard InChI is InChI=1S/C9H11F3N2S/c1-15-4-2-3-13-9-7(11)5-6(10)8(12)14-9/h5H,2-4H2,1H3,(H,13,14). The molecular weight excluding hydrogens is 225 g/mol. The van der Waals surface area contributed by atoms with Gasteiger partial charge in [0.05, 0.1) is 0 Å². The zero-order valence-electron chi connectivity index (χ0n) is 8.19. The van der Waals surface area contributed by atoms with E-state index in [1.54, 1.807) is 11.8 Å². The van der Waals surface area contributed by atoms with Crippen LogP contribution in [-0.2, 0) is 0 Å². The molecule has 0 unspecified atom stereocenters. The van der Waals surface area contributed by atoms with Gasteiger partial charge in [-0.3, -0.25) is 0 Å². The van der Waals surface area contributed by atoms with Gasteiger partial charge in [0.25, 0.3) is 5.95 Å². The topological polar surface area (TPSA) is 24.9 Å². The van der Waals surface area contributed by atoms with E-state index < -0.39 is 17.6 Å². The van der Waals surface area contributed by atoms with E-state index in [2.05, 4.69) is 10.3 Å². The third-order valence-corrected chi connectivity index (χ3v) is 2.40. The van der Waals surface area contributed by atoms with Crippen LogP contribution in [0.25, 0.3) is 0 Å². The van der Waals surface area contributed by atoms with Crippen LogP contribution in [0.5, 0.6) is 0 Å². The van der Waals surface area contributed by atoms with Gasteiger partial charge in [-0.15, -0.1) is 0 Å². The van der Waals surface area contributed by atoms with Crippen LogP contribution in [0, 0.1) is 17.6 Å². The average Bonchev–Trinajstić information content (AvgIpc) is 2.20. The Kier molecular flexibility index (Phi) is 4.74. The Morgan fingerprint density at radius 2 is 2.07 bits per heavy atom. The zero-order chi connectivity index (χ0) is 11.3. The minimum atomic E-state index is -1.29. The largest absolute Gasteiger partial charge is 0.368 e. The first-order valence-electron chi connectivity index (χ1n) is 4.39. The lowest BCUT2D eigenvalue weighted by atomic mass is 10.4. The summed E-state index contributed by atoms with van der Waals surface area (Å²) in [4.78, 5) is 3.14. The summed E-state index contributed by atoms with van der Waals surface area (Å²) in [5.74, 6) is -2.77. The Morgan fingerprint density at radius 1 is 1.33 bits per heavy atom. The molecule has 1 aromatic heterocycles. The van der Waals surface area contributed by atoms with Crippen molar-refractivity contribution in [2.75, 3.05) is 23.9 Å². The number of halogens is 3. The van der Waals surface area contributed by atoms with Gasteiger partial charge in [0.1, 0.15) is 0 Å². The van der Waals surface area contributed by atoms with E-state index in [1.165, 1.54) is 0 Å². The van der Waals surface area contributed by atoms with Gasteiger partial charge in [0.2, 0.25) is 0 Å². The van der Waals surface area contributed by atoms with E-state index in [4.69, 9.17) is 0 Å². The highest BCUT2D eigenvalue weighted by molar-refractivity contribution is 7.98. The number of nitrogens with zero attached hydrogens (tertiary/aromatic N) is 1. The Morgan fingerprint density at radius 3 is 2.73 bits per heavy atom. The molecule has 1 heterocycles. The first-order chi connectivity index (χ1) is 7.15. The SMILES string of the molecule is CSCCCNc1nc(F)c(F)cc1F. The van der Waals surface area contributed by atoms with E-state index in [9.17, 15) is 13.2 Å². The van der Waals surface area contributed by atoms with Crippen molar-refractivity contribution in [1.29, 1.82) is 0 Å². The molecule has 15 heavy (non-hydrogen) atoms. The third-order valence-electron chi connectivity index (χ3n) is 1.70. The Labute approximate surface area is 90.3 Å². The lowest BCUT2D eigenvalue weighted by Gasteiger charge is -2.06. The number of pyridine rings is 1. The predicted molar refractivity (Wildman–Crippen MR) is 55.6 cm³/mol. The van der Waals surface area contributed by atoms with E-state index in [0.29, 0.717) is 12.6 Å². The normalized spacial score (nSPS) is 10.4. The molecule has 0 atom stereocenters. The maximum Gasteiger partial charge on any atom is 0.251 e. The molecule has 0 bridgehead atoms. The predicted octanol–water partition coefficient (Wildman–Crippen LogP) is 2.66. The molecule has 0 aromatic carbocycles. The Hall–Kier alpha value is -0.910. The molecule has 0 fully saturated rings. The number of rotatable bonds is 5. The second-order valence-corrected chi connectivity index (χ2v) is 3.85. The molecule has 2 nitrogen and oxygen atoms in total. The summed E-state index contributed by atoms with van der Waals surface area (Å²) in [5, 5.41) is 2.61. The molecule has 1 rings (SSSR count). The molecule has 0 spiro atoms. The highest BCUT2D eigenvalue weighted by Gasteiger charge is 2.10. The van der Waals surface area contributed by atoms with Crippen LogP contribution in [0.3, 0.4) is 0 Å². The van der Waals surface area contributed by atoms with Gasteiger partial charge < -0.3 is 5.32 Å². The molecule has 0 aliphatic heterocycles. The summed E-state index contributed by atoms with van der Waals surface area (Å²) in [6.45, 7) is 0.482. The summed E-state index contributed by atoms with van der Waals surface area (Å²) in [6.07, 6.45) is 2.76. The fourth-order valence-electron chi connectivity index (χ4n) is 0.991. The number of nitrogens with one attached hydrogen (secondary N) is 1. The number of hydrogen-bond donors (Lipinski definition) is 1. The van der Waals surface area contributed by atoms with E-state index in [1.807, 2.05) is 6.26 Å². The molecule has 6 heteroatoms. The van der Waals surface area contributed by atoms with Gasteiger partial charge in [-0.05, 0) is 18.4 Å². The molecular formula is C9H11F3N2S. The number of hydrogen-bond acceptors (Lipinski definition) is 3. The van der Waals surface area contributed by atoms with Gasteiger partial charge in [-0.2, -0.15) is 21.1 Å². The van der Waals surface area contributed by atoms with Gasteiger partial charge in [0.15, 0.2) is 17.5 Å². The van der Waals surface area contributed by atoms with Crippen molar-refractivity contribution in [3.63, 3.8) is 0 Å². The molecule has 0 aliphatic rings. The summed E-state index contributed by atoms with van der Waals surface area (Å²) in [6, 6.07) is 0.485. The summed E-state index contributed by atoms with van der Waals surface area (Å²) >= 11 is 1.66. The molecule has 1 aromatic rings. The van der Waals surface area contributed by atoms with Crippen LogP contribution in [0.2, 0.25) is 0 Å². The smallest absolute Gasteiger partial charge is 0.251 e. The van der Waals surface area contributed by atoms with E-state index in [0.717, 1.165) is 12.2 Å². The van der Waals surface area contributed by atoms with Crippen molar-refractivity contribution < 1.29 is 13.2 Å². The minimum Gasteiger partial charge on any atom is -0.368 e. The van der Waals surface area contributed by atoms with Gasteiger partial charge in [-0.25, -0.2) is 8.78 Å². The van der Waals surface area contributed by atoms with Crippen molar-refractivity contribution in [2.45, 2.75) is 6.42 Å². The average molecular weight is 236 g/mol. The molecule has 0 radical (unpaired) electrons. The highest BCUT2D eigenvalue weighted by Crippen LogP contribution is 2.14. The molecule has 0 aliphatic carbocycles. The highest BCUT2D eigenvalue weighted by atomic mass is 32.2. The van der Waals surface area contributed by atoms with Gasteiger partial charge in [-0.1, -0.05) is 0 Å². The van der Waals surface area contributed by atoms with Gasteiger partial charge >= 0.3 is 0 Å². The van der Waals surface area contributed by atoms with Crippen molar-refractivity contribution in [3.05, 3.63) is 23.6 Å². The molecule has 0 amide bonds. The second-order valence-electron chi connectivity index (χ2n) is 2.86. The fraction of sp³-hybridized carbons (Fsp3) is 0.444. The Balaban J connectivity index is 2.57. The summed E-state index contributed by atoms with van der Waals surface area (Å²) in [5.41, 5.74) is 0. The van der Waals surface area contributed by atoms with Crippen molar-refractivity contribution in [2.24, 2.45) is 0 Å². The monoisotopic (exact) mass is 236 g/mol. The summed E-state index contributed by atoms with van der Waals surface area (Å²) in [7, 11) is 0. The summed E-state index contributed by atoms with van der Waals surface area (Å²) < 4.78 is 38.1. The maximum absolute atomic E-state index is 13.0. The second kappa shape index (κ2) is 5.85. The van der Waals surface area contributed by atoms with Gasteiger partial charge in [0, 0.05) is 12.6 Å². The minimum absolute atomic E-state index is 0.241. The van der Waals surface area contributed by atoms with Crippen LogP contribution in [0.15, 0.2) is 6.07 Å². The fourth-order valence-corrected chi connectivity index (χ4v) is 1.42. The van der Waals surface area contributed by atoms with Crippen LogP contribution >= 0.6 is 11.8 Å². The van der Waals surface area contributed by atoms with E-state index >= 15 is 0 Å². The van der Waals surface area contributed by atoms with Crippen LogP contribution in [-0.4, -0.2) is 23.5 Å². The molecule has 0 saturated carbocycles. The zero-order valence-corrected chi connectivity index (χ0v) is 9.00. The molecule has 0 saturated heterocycles. The quantitative estimate of drug-likeness (QED) is 0.628. The van der Waals surface area contributed by atoms with E-state index in [-0.39, 0.29) is 5.82 Å². The first kappa shape index (κ1) is 12.2. The lowest BCUT2D eigenvalue weighted by molar-refractivity contribution is 0.466. The molecule has 1 N–H and O–H groups in total. The van der Waals surface area contributed by atoms with Crippen LogP contribution in [0.1, 0.15) is 6.42 Å². The van der Waals surface area contributed by atoms with Crippen LogP contribution < -0.4 is 5.32 Å². The first-order valence-corrected chi connectivity index (χ1v) is 5.79. The number of anilines is 1. The van der Waals surface area contributed by atoms with Crippen molar-refractivity contribution in [3.8, 4) is 0 Å². The molecule has 84 valence electrons. The third kappa shape index (κ3) is 3.62. The van der Waals surface area contributed by atoms with Crippen molar-refractivity contribution in [1.82, 2.24) is 4.98 Å². The lowest BCUT2D eigenvalue weighted by Crippen LogP contribution is -2.08. The maximum atomic E-state index is 13.0. The number of thioether (sulfide) groups is 1. The Bertz CT molecular complexity index is 333. The van der Waals surface area contributed by atoms with Crippen LogP contribution in [0.4, 0.5) is 19.0 Å². The number of aromatic nitrogens is 1. The van der Waals surface area contributed by atoms with Crippen molar-refractivity contribution >= 4 is 17.6 Å².